The molecule has 9 heteroatoms. The monoisotopic (exact) mass is 355 g/mol. The number of aromatic nitrogens is 1. The van der Waals surface area contributed by atoms with Gasteiger partial charge in [0.1, 0.15) is 0 Å². The normalized spacial score (nSPS) is 16.1. The Balaban J connectivity index is 0.00000192. The van der Waals surface area contributed by atoms with Crippen LogP contribution in [0.2, 0.25) is 0 Å². The molecule has 124 valence electrons. The van der Waals surface area contributed by atoms with Crippen molar-refractivity contribution in [1.29, 1.82) is 5.41 Å². The molecule has 0 atom stereocenters. The van der Waals surface area contributed by atoms with Crippen molar-refractivity contribution in [2.75, 3.05) is 26.2 Å². The molecule has 0 unspecified atom stereocenters. The zero-order chi connectivity index (χ0) is 15.7. The van der Waals surface area contributed by atoms with Crippen molar-refractivity contribution in [3.63, 3.8) is 0 Å². The van der Waals surface area contributed by atoms with Crippen LogP contribution in [0.15, 0.2) is 41.6 Å². The molecule has 0 bridgehead atoms. The van der Waals surface area contributed by atoms with Crippen LogP contribution in [0.1, 0.15) is 0 Å². The molecule has 0 spiro atoms. The summed E-state index contributed by atoms with van der Waals surface area (Å²) in [6.45, 7) is 1.51. The number of hydrogen-bond acceptors (Lipinski definition) is 4. The highest BCUT2D eigenvalue weighted by Gasteiger charge is 2.29. The number of nitrogens with two attached hydrogens (primary N) is 1. The second-order valence-electron chi connectivity index (χ2n) is 5.13. The predicted octanol–water partition coefficient (Wildman–Crippen LogP) is 0.856. The van der Waals surface area contributed by atoms with Crippen LogP contribution in [0.4, 0.5) is 0 Å². The number of pyridine rings is 1. The maximum atomic E-state index is 12.9. The zero-order valence-electron chi connectivity index (χ0n) is 12.3. The summed E-state index contributed by atoms with van der Waals surface area (Å²) in [7, 11) is -3.57. The van der Waals surface area contributed by atoms with E-state index in [0.29, 0.717) is 36.5 Å². The Labute approximate surface area is 141 Å². The van der Waals surface area contributed by atoms with Gasteiger partial charge in [-0.2, -0.15) is 4.31 Å². The Kier molecular flexibility index (Phi) is 5.08. The average Bonchev–Trinajstić information content (AvgIpc) is 2.54. The van der Waals surface area contributed by atoms with Crippen molar-refractivity contribution < 1.29 is 8.42 Å². The summed E-state index contributed by atoms with van der Waals surface area (Å²) in [6.07, 6.45) is 3.25. The molecule has 1 aromatic carbocycles. The molecule has 1 fully saturated rings. The maximum Gasteiger partial charge on any atom is 0.243 e. The molecule has 23 heavy (non-hydrogen) atoms. The molecule has 0 amide bonds. The van der Waals surface area contributed by atoms with Crippen molar-refractivity contribution in [2.24, 2.45) is 5.73 Å². The number of fused-ring (bicyclic) bond motifs is 1. The van der Waals surface area contributed by atoms with Gasteiger partial charge in [-0.15, -0.1) is 12.4 Å². The van der Waals surface area contributed by atoms with E-state index in [-0.39, 0.29) is 18.4 Å². The Morgan fingerprint density at radius 1 is 1.17 bits per heavy atom. The fourth-order valence-electron chi connectivity index (χ4n) is 2.63. The van der Waals surface area contributed by atoms with Crippen LogP contribution in [0.5, 0.6) is 0 Å². The summed E-state index contributed by atoms with van der Waals surface area (Å²) in [6, 6.07) is 6.90. The predicted molar refractivity (Wildman–Crippen MR) is 91.2 cm³/mol. The number of nitrogens with zero attached hydrogens (tertiary/aromatic N) is 3. The van der Waals surface area contributed by atoms with Crippen molar-refractivity contribution in [2.45, 2.75) is 4.90 Å². The lowest BCUT2D eigenvalue weighted by molar-refractivity contribution is 0.263. The standard InChI is InChI=1S/C14H17N5O2S.ClH/c15-14(16)18-6-8-19(9-7-18)22(20,21)13-3-1-2-11-10-17-5-4-12(11)13;/h1-5,10H,6-9H2,(H3,15,16);1H. The summed E-state index contributed by atoms with van der Waals surface area (Å²) in [5.41, 5.74) is 5.44. The molecule has 2 aromatic rings. The van der Waals surface area contributed by atoms with Crippen LogP contribution >= 0.6 is 12.4 Å². The van der Waals surface area contributed by atoms with Crippen molar-refractivity contribution in [1.82, 2.24) is 14.2 Å². The first-order valence-electron chi connectivity index (χ1n) is 6.92. The molecule has 2 heterocycles. The first kappa shape index (κ1) is 17.5. The van der Waals surface area contributed by atoms with Gasteiger partial charge < -0.3 is 10.6 Å². The SMILES string of the molecule is Cl.N=C(N)N1CCN(S(=O)(=O)c2cccc3cnccc23)CC1. The third kappa shape index (κ3) is 3.24. The van der Waals surface area contributed by atoms with Crippen LogP contribution in [-0.2, 0) is 10.0 Å². The number of sulfonamides is 1. The smallest absolute Gasteiger partial charge is 0.243 e. The van der Waals surface area contributed by atoms with Gasteiger partial charge in [-0.1, -0.05) is 12.1 Å². The number of piperazine rings is 1. The molecule has 7 nitrogen and oxygen atoms in total. The highest BCUT2D eigenvalue weighted by molar-refractivity contribution is 7.89. The van der Waals surface area contributed by atoms with Gasteiger partial charge in [-0.25, -0.2) is 8.42 Å². The second-order valence-corrected chi connectivity index (χ2v) is 7.04. The fraction of sp³-hybridized carbons (Fsp3) is 0.286. The minimum Gasteiger partial charge on any atom is -0.370 e. The zero-order valence-corrected chi connectivity index (χ0v) is 14.0. The van der Waals surface area contributed by atoms with Crippen molar-refractivity contribution >= 4 is 39.2 Å². The first-order chi connectivity index (χ1) is 10.5. The second kappa shape index (κ2) is 6.69. The summed E-state index contributed by atoms with van der Waals surface area (Å²) in [5.74, 6) is -0.0201. The average molecular weight is 356 g/mol. The molecule has 3 N–H and O–H groups in total. The van der Waals surface area contributed by atoms with E-state index in [0.717, 1.165) is 5.39 Å². The Morgan fingerprint density at radius 3 is 2.52 bits per heavy atom. The van der Waals surface area contributed by atoms with Gasteiger partial charge >= 0.3 is 0 Å². The summed E-state index contributed by atoms with van der Waals surface area (Å²) in [4.78, 5) is 5.99. The largest absolute Gasteiger partial charge is 0.370 e. The lowest BCUT2D eigenvalue weighted by Crippen LogP contribution is -2.52. The summed E-state index contributed by atoms with van der Waals surface area (Å²) >= 11 is 0. The van der Waals surface area contributed by atoms with Crippen LogP contribution < -0.4 is 5.73 Å². The molecule has 1 aromatic heterocycles. The van der Waals surface area contributed by atoms with Gasteiger partial charge in [0.25, 0.3) is 0 Å². The van der Waals surface area contributed by atoms with E-state index in [1.54, 1.807) is 35.5 Å². The Morgan fingerprint density at radius 2 is 1.87 bits per heavy atom. The molecule has 1 saturated heterocycles. The van der Waals surface area contributed by atoms with Crippen molar-refractivity contribution in [3.05, 3.63) is 36.7 Å². The third-order valence-corrected chi connectivity index (χ3v) is 5.79. The van der Waals surface area contributed by atoms with Crippen molar-refractivity contribution in [3.8, 4) is 0 Å². The molecule has 0 radical (unpaired) electrons. The van der Waals surface area contributed by atoms with Crippen LogP contribution in [0.25, 0.3) is 10.8 Å². The Hall–Kier alpha value is -1.90. The molecular formula is C14H18ClN5O2S. The van der Waals surface area contributed by atoms with Gasteiger partial charge in [0, 0.05) is 49.3 Å². The van der Waals surface area contributed by atoms with E-state index in [4.69, 9.17) is 11.1 Å². The van der Waals surface area contributed by atoms with Gasteiger partial charge in [0.05, 0.1) is 4.90 Å². The molecule has 0 aliphatic carbocycles. The third-order valence-electron chi connectivity index (χ3n) is 3.84. The van der Waals surface area contributed by atoms with E-state index in [2.05, 4.69) is 4.98 Å². The molecule has 3 rings (SSSR count). The highest BCUT2D eigenvalue weighted by Crippen LogP contribution is 2.25. The number of halogens is 1. The summed E-state index contributed by atoms with van der Waals surface area (Å²) < 4.78 is 27.2. The van der Waals surface area contributed by atoms with E-state index in [9.17, 15) is 8.42 Å². The molecule has 1 aliphatic heterocycles. The maximum absolute atomic E-state index is 12.9. The van der Waals surface area contributed by atoms with Crippen LogP contribution in [0.3, 0.4) is 0 Å². The van der Waals surface area contributed by atoms with Gasteiger partial charge in [-0.3, -0.25) is 10.4 Å². The Bertz CT molecular complexity index is 814. The molecule has 0 saturated carbocycles. The topological polar surface area (TPSA) is 103 Å². The first-order valence-corrected chi connectivity index (χ1v) is 8.36. The van der Waals surface area contributed by atoms with Crippen LogP contribution in [-0.4, -0.2) is 54.7 Å². The van der Waals surface area contributed by atoms with Crippen LogP contribution in [0, 0.1) is 5.41 Å². The van der Waals surface area contributed by atoms with Gasteiger partial charge in [0.15, 0.2) is 5.96 Å². The van der Waals surface area contributed by atoms with E-state index >= 15 is 0 Å². The fourth-order valence-corrected chi connectivity index (χ4v) is 4.26. The van der Waals surface area contributed by atoms with Gasteiger partial charge in [-0.05, 0) is 12.1 Å². The lowest BCUT2D eigenvalue weighted by Gasteiger charge is -2.34. The summed E-state index contributed by atoms with van der Waals surface area (Å²) in [5, 5.41) is 8.88. The number of rotatable bonds is 2. The number of benzene rings is 1. The van der Waals surface area contributed by atoms with Gasteiger partial charge in [0.2, 0.25) is 10.0 Å². The highest BCUT2D eigenvalue weighted by atomic mass is 35.5. The lowest BCUT2D eigenvalue weighted by atomic mass is 10.2. The van der Waals surface area contributed by atoms with E-state index in [1.807, 2.05) is 6.07 Å². The number of guanidine groups is 1. The molecular weight excluding hydrogens is 338 g/mol. The minimum atomic E-state index is -3.57. The van der Waals surface area contributed by atoms with E-state index < -0.39 is 10.0 Å². The number of nitrogens with one attached hydrogen (secondary N) is 1. The quantitative estimate of drug-likeness (QED) is 0.614. The number of hydrogen-bond donors (Lipinski definition) is 2. The minimum absolute atomic E-state index is 0. The molecule has 1 aliphatic rings. The van der Waals surface area contributed by atoms with E-state index in [1.165, 1.54) is 4.31 Å².